The summed E-state index contributed by atoms with van der Waals surface area (Å²) in [6.45, 7) is 6.31. The highest BCUT2D eigenvalue weighted by Gasteiger charge is 2.45. The van der Waals surface area contributed by atoms with E-state index in [1.807, 2.05) is 6.92 Å². The molecule has 19 heavy (non-hydrogen) atoms. The number of hydrogen-bond acceptors (Lipinski definition) is 3. The van der Waals surface area contributed by atoms with Crippen LogP contribution in [0.2, 0.25) is 0 Å². The zero-order valence-electron chi connectivity index (χ0n) is 11.4. The first kappa shape index (κ1) is 12.5. The van der Waals surface area contributed by atoms with Crippen LogP contribution in [0.15, 0.2) is 16.3 Å². The Labute approximate surface area is 111 Å². The molecule has 3 rings (SSSR count). The molecule has 2 unspecified atom stereocenters. The van der Waals surface area contributed by atoms with Crippen molar-refractivity contribution in [3.8, 4) is 0 Å². The molecule has 0 saturated heterocycles. The van der Waals surface area contributed by atoms with Gasteiger partial charge in [-0.1, -0.05) is 19.4 Å². The summed E-state index contributed by atoms with van der Waals surface area (Å²) in [5, 5.41) is 19.7. The minimum Gasteiger partial charge on any atom is -0.475 e. The van der Waals surface area contributed by atoms with Crippen molar-refractivity contribution in [2.75, 3.05) is 0 Å². The lowest BCUT2D eigenvalue weighted by atomic mass is 9.79. The normalized spacial score (nSPS) is 28.2. The summed E-state index contributed by atoms with van der Waals surface area (Å²) in [7, 11) is 0. The van der Waals surface area contributed by atoms with Gasteiger partial charge in [0.15, 0.2) is 0 Å². The first-order valence-electron chi connectivity index (χ1n) is 6.54. The van der Waals surface area contributed by atoms with Crippen LogP contribution >= 0.6 is 0 Å². The van der Waals surface area contributed by atoms with Gasteiger partial charge in [-0.15, -0.1) is 0 Å². The van der Waals surface area contributed by atoms with Gasteiger partial charge in [-0.3, -0.25) is 0 Å². The summed E-state index contributed by atoms with van der Waals surface area (Å²) in [5.74, 6) is -1.03. The Morgan fingerprint density at radius 2 is 2.16 bits per heavy atom. The maximum absolute atomic E-state index is 11.2. The SMILES string of the molecule is CC1=C2CC(C)(C)CC2C(O)c2coc(C(=O)O)c21. The van der Waals surface area contributed by atoms with Crippen LogP contribution in [0, 0.1) is 11.3 Å². The van der Waals surface area contributed by atoms with Crippen molar-refractivity contribution >= 4 is 11.5 Å². The van der Waals surface area contributed by atoms with Crippen molar-refractivity contribution in [2.45, 2.75) is 39.7 Å². The van der Waals surface area contributed by atoms with Crippen molar-refractivity contribution in [3.05, 3.63) is 28.7 Å². The van der Waals surface area contributed by atoms with Gasteiger partial charge in [0.1, 0.15) is 0 Å². The van der Waals surface area contributed by atoms with E-state index in [4.69, 9.17) is 4.42 Å². The number of aromatic carboxylic acids is 1. The predicted molar refractivity (Wildman–Crippen MR) is 69.7 cm³/mol. The van der Waals surface area contributed by atoms with Gasteiger partial charge in [-0.2, -0.15) is 0 Å². The van der Waals surface area contributed by atoms with Gasteiger partial charge in [-0.25, -0.2) is 4.79 Å². The molecule has 0 aromatic carbocycles. The smallest absolute Gasteiger partial charge is 0.372 e. The average molecular weight is 262 g/mol. The molecule has 1 heterocycles. The van der Waals surface area contributed by atoms with E-state index < -0.39 is 12.1 Å². The Kier molecular flexibility index (Phi) is 2.45. The Bertz CT molecular complexity index is 591. The molecular formula is C15H18O4. The summed E-state index contributed by atoms with van der Waals surface area (Å²) in [4.78, 5) is 11.2. The largest absolute Gasteiger partial charge is 0.475 e. The van der Waals surface area contributed by atoms with Crippen molar-refractivity contribution in [2.24, 2.45) is 11.3 Å². The zero-order chi connectivity index (χ0) is 13.9. The highest BCUT2D eigenvalue weighted by molar-refractivity contribution is 5.93. The summed E-state index contributed by atoms with van der Waals surface area (Å²) in [6.07, 6.45) is 2.58. The Morgan fingerprint density at radius 1 is 1.47 bits per heavy atom. The molecule has 0 bridgehead atoms. The van der Waals surface area contributed by atoms with E-state index in [-0.39, 0.29) is 17.1 Å². The lowest BCUT2D eigenvalue weighted by Gasteiger charge is -2.27. The summed E-state index contributed by atoms with van der Waals surface area (Å²) in [5.41, 5.74) is 3.54. The number of carboxylic acids is 1. The molecule has 1 aromatic heterocycles. The van der Waals surface area contributed by atoms with E-state index in [1.165, 1.54) is 11.8 Å². The fraction of sp³-hybridized carbons (Fsp3) is 0.533. The van der Waals surface area contributed by atoms with Crippen molar-refractivity contribution in [1.82, 2.24) is 0 Å². The van der Waals surface area contributed by atoms with Crippen molar-refractivity contribution < 1.29 is 19.4 Å². The second kappa shape index (κ2) is 3.73. The second-order valence-electron chi connectivity index (χ2n) is 6.45. The van der Waals surface area contributed by atoms with E-state index in [0.717, 1.165) is 18.4 Å². The van der Waals surface area contributed by atoms with Gasteiger partial charge in [0.05, 0.1) is 12.4 Å². The molecule has 0 aliphatic heterocycles. The molecule has 4 nitrogen and oxygen atoms in total. The number of aliphatic hydroxyl groups excluding tert-OH is 1. The first-order valence-corrected chi connectivity index (χ1v) is 6.54. The van der Waals surface area contributed by atoms with Crippen LogP contribution in [0.5, 0.6) is 0 Å². The van der Waals surface area contributed by atoms with E-state index in [0.29, 0.717) is 11.1 Å². The Morgan fingerprint density at radius 3 is 2.79 bits per heavy atom. The Balaban J connectivity index is 2.19. The molecule has 2 aliphatic carbocycles. The average Bonchev–Trinajstić information content (AvgIpc) is 2.87. The minimum absolute atomic E-state index is 0.0535. The van der Waals surface area contributed by atoms with E-state index in [2.05, 4.69) is 13.8 Å². The van der Waals surface area contributed by atoms with E-state index >= 15 is 0 Å². The first-order chi connectivity index (χ1) is 8.82. The maximum atomic E-state index is 11.2. The number of fused-ring (bicyclic) bond motifs is 2. The number of rotatable bonds is 1. The lowest BCUT2D eigenvalue weighted by Crippen LogP contribution is -2.18. The lowest BCUT2D eigenvalue weighted by molar-refractivity contribution is 0.0662. The maximum Gasteiger partial charge on any atom is 0.372 e. The monoisotopic (exact) mass is 262 g/mol. The van der Waals surface area contributed by atoms with Gasteiger partial charge in [0, 0.05) is 17.0 Å². The molecule has 1 fully saturated rings. The fourth-order valence-corrected chi connectivity index (χ4v) is 3.66. The van der Waals surface area contributed by atoms with Crippen LogP contribution in [-0.2, 0) is 0 Å². The number of carbonyl (C=O) groups is 1. The van der Waals surface area contributed by atoms with E-state index in [9.17, 15) is 15.0 Å². The fourth-order valence-electron chi connectivity index (χ4n) is 3.66. The molecule has 0 amide bonds. The van der Waals surface area contributed by atoms with Crippen LogP contribution < -0.4 is 0 Å². The number of carboxylic acid groups (broad SMARTS) is 1. The topological polar surface area (TPSA) is 70.7 Å². The van der Waals surface area contributed by atoms with Gasteiger partial charge in [0.2, 0.25) is 5.76 Å². The van der Waals surface area contributed by atoms with Gasteiger partial charge >= 0.3 is 5.97 Å². The predicted octanol–water partition coefficient (Wildman–Crippen LogP) is 3.23. The molecule has 1 saturated carbocycles. The molecule has 1 aromatic rings. The highest BCUT2D eigenvalue weighted by Crippen LogP contribution is 2.56. The molecule has 0 radical (unpaired) electrons. The van der Waals surface area contributed by atoms with Gasteiger partial charge in [-0.05, 0) is 30.8 Å². The number of allylic oxidation sites excluding steroid dienone is 1. The Hall–Kier alpha value is -1.55. The van der Waals surface area contributed by atoms with Crippen molar-refractivity contribution in [1.29, 1.82) is 0 Å². The quantitative estimate of drug-likeness (QED) is 0.815. The third-order valence-corrected chi connectivity index (χ3v) is 4.46. The molecule has 4 heteroatoms. The number of aliphatic hydroxyl groups is 1. The molecule has 2 aliphatic rings. The van der Waals surface area contributed by atoms with E-state index in [1.54, 1.807) is 0 Å². The standard InChI is InChI=1S/C15H18O4/c1-7-8-4-15(2,3)5-9(8)12(16)10-6-19-13(11(7)10)14(17)18/h6,9,12,16H,4-5H2,1-3H3,(H,17,18). The van der Waals surface area contributed by atoms with Crippen LogP contribution in [0.4, 0.5) is 0 Å². The summed E-state index contributed by atoms with van der Waals surface area (Å²) in [6, 6.07) is 0. The van der Waals surface area contributed by atoms with Crippen LogP contribution in [0.3, 0.4) is 0 Å². The van der Waals surface area contributed by atoms with Crippen LogP contribution in [0.25, 0.3) is 5.57 Å². The number of furan rings is 1. The summed E-state index contributed by atoms with van der Waals surface area (Å²) >= 11 is 0. The third-order valence-electron chi connectivity index (χ3n) is 4.46. The zero-order valence-corrected chi connectivity index (χ0v) is 11.4. The third kappa shape index (κ3) is 1.66. The second-order valence-corrected chi connectivity index (χ2v) is 6.45. The minimum atomic E-state index is -1.08. The van der Waals surface area contributed by atoms with Crippen LogP contribution in [0.1, 0.15) is 61.4 Å². The van der Waals surface area contributed by atoms with Gasteiger partial charge in [0.25, 0.3) is 0 Å². The summed E-state index contributed by atoms with van der Waals surface area (Å²) < 4.78 is 5.14. The van der Waals surface area contributed by atoms with Crippen LogP contribution in [-0.4, -0.2) is 16.2 Å². The molecule has 2 N–H and O–H groups in total. The molecule has 102 valence electrons. The number of hydrogen-bond donors (Lipinski definition) is 2. The molecule has 0 spiro atoms. The molecule has 2 atom stereocenters. The van der Waals surface area contributed by atoms with Gasteiger partial charge < -0.3 is 14.6 Å². The molecular weight excluding hydrogens is 244 g/mol. The highest BCUT2D eigenvalue weighted by atomic mass is 16.4. The van der Waals surface area contributed by atoms with Crippen molar-refractivity contribution in [3.63, 3.8) is 0 Å².